The summed E-state index contributed by atoms with van der Waals surface area (Å²) in [6.45, 7) is 4.51. The molecule has 1 rings (SSSR count). The Hall–Kier alpha value is 0.220. The Labute approximate surface area is 65.5 Å². The van der Waals surface area contributed by atoms with E-state index in [0.29, 0.717) is 4.83 Å². The zero-order valence-corrected chi connectivity index (χ0v) is 7.56. The standard InChI is InChI=1S/C8H13Br/c1-6-3-4-7(2)8(9)5-6/h3-4,6-8H,5H2,1-2H3. The molecule has 3 unspecified atom stereocenters. The minimum atomic E-state index is 0.706. The molecule has 0 fully saturated rings. The second kappa shape index (κ2) is 2.87. The van der Waals surface area contributed by atoms with Gasteiger partial charge in [0.15, 0.2) is 0 Å². The van der Waals surface area contributed by atoms with Gasteiger partial charge in [-0.2, -0.15) is 0 Å². The van der Waals surface area contributed by atoms with Crippen LogP contribution >= 0.6 is 15.9 Å². The van der Waals surface area contributed by atoms with Gasteiger partial charge in [-0.1, -0.05) is 41.9 Å². The number of halogens is 1. The van der Waals surface area contributed by atoms with Gasteiger partial charge < -0.3 is 0 Å². The lowest BCUT2D eigenvalue weighted by molar-refractivity contribution is 0.524. The topological polar surface area (TPSA) is 0 Å². The summed E-state index contributed by atoms with van der Waals surface area (Å²) in [5.74, 6) is 1.49. The van der Waals surface area contributed by atoms with Crippen LogP contribution in [-0.2, 0) is 0 Å². The van der Waals surface area contributed by atoms with Crippen LogP contribution in [0, 0.1) is 11.8 Å². The molecule has 1 aliphatic rings. The van der Waals surface area contributed by atoms with Crippen LogP contribution in [0.4, 0.5) is 0 Å². The molecule has 9 heavy (non-hydrogen) atoms. The van der Waals surface area contributed by atoms with Crippen molar-refractivity contribution in [3.8, 4) is 0 Å². The monoisotopic (exact) mass is 188 g/mol. The fourth-order valence-electron chi connectivity index (χ4n) is 1.13. The summed E-state index contributed by atoms with van der Waals surface area (Å²) < 4.78 is 0. The van der Waals surface area contributed by atoms with Crippen LogP contribution in [0.3, 0.4) is 0 Å². The first-order valence-corrected chi connectivity index (χ1v) is 4.44. The zero-order valence-electron chi connectivity index (χ0n) is 5.97. The molecule has 3 atom stereocenters. The van der Waals surface area contributed by atoms with Gasteiger partial charge in [0.1, 0.15) is 0 Å². The van der Waals surface area contributed by atoms with E-state index in [9.17, 15) is 0 Å². The first-order chi connectivity index (χ1) is 4.20. The summed E-state index contributed by atoms with van der Waals surface area (Å²) >= 11 is 3.64. The minimum absolute atomic E-state index is 0.706. The SMILES string of the molecule is CC1C=CC(C)C(Br)C1. The molecule has 0 radical (unpaired) electrons. The van der Waals surface area contributed by atoms with Gasteiger partial charge >= 0.3 is 0 Å². The summed E-state index contributed by atoms with van der Waals surface area (Å²) in [5.41, 5.74) is 0. The van der Waals surface area contributed by atoms with Crippen LogP contribution in [0.5, 0.6) is 0 Å². The fraction of sp³-hybridized carbons (Fsp3) is 0.750. The number of alkyl halides is 1. The normalized spacial score (nSPS) is 43.2. The summed E-state index contributed by atoms with van der Waals surface area (Å²) in [7, 11) is 0. The predicted octanol–water partition coefficient (Wildman–Crippen LogP) is 2.98. The molecule has 0 saturated heterocycles. The van der Waals surface area contributed by atoms with Crippen molar-refractivity contribution in [2.45, 2.75) is 25.1 Å². The molecule has 0 aromatic rings. The molecule has 0 bridgehead atoms. The number of hydrogen-bond acceptors (Lipinski definition) is 0. The molecule has 0 nitrogen and oxygen atoms in total. The zero-order chi connectivity index (χ0) is 6.85. The van der Waals surface area contributed by atoms with Crippen LogP contribution in [-0.4, -0.2) is 4.83 Å². The van der Waals surface area contributed by atoms with Gasteiger partial charge in [0.05, 0.1) is 0 Å². The second-order valence-corrected chi connectivity index (χ2v) is 4.15. The van der Waals surface area contributed by atoms with E-state index >= 15 is 0 Å². The molecule has 0 aromatic carbocycles. The van der Waals surface area contributed by atoms with Gasteiger partial charge in [0, 0.05) is 4.83 Å². The summed E-state index contributed by atoms with van der Waals surface area (Å²) in [4.78, 5) is 0.706. The third kappa shape index (κ3) is 1.82. The van der Waals surface area contributed by atoms with Crippen molar-refractivity contribution in [1.29, 1.82) is 0 Å². The Balaban J connectivity index is 2.54. The Morgan fingerprint density at radius 1 is 1.33 bits per heavy atom. The first kappa shape index (κ1) is 7.33. The van der Waals surface area contributed by atoms with Gasteiger partial charge in [-0.3, -0.25) is 0 Å². The highest BCUT2D eigenvalue weighted by molar-refractivity contribution is 9.09. The molecule has 52 valence electrons. The highest BCUT2D eigenvalue weighted by Gasteiger charge is 2.17. The highest BCUT2D eigenvalue weighted by Crippen LogP contribution is 2.27. The molecule has 0 aromatic heterocycles. The van der Waals surface area contributed by atoms with Crippen molar-refractivity contribution in [2.75, 3.05) is 0 Å². The molecule has 0 N–H and O–H groups in total. The van der Waals surface area contributed by atoms with Crippen LogP contribution < -0.4 is 0 Å². The maximum Gasteiger partial charge on any atom is 0.0211 e. The maximum absolute atomic E-state index is 3.64. The summed E-state index contributed by atoms with van der Waals surface area (Å²) in [5, 5.41) is 0. The Morgan fingerprint density at radius 2 is 2.00 bits per heavy atom. The fourth-order valence-corrected chi connectivity index (χ4v) is 1.90. The predicted molar refractivity (Wildman–Crippen MR) is 44.8 cm³/mol. The van der Waals surface area contributed by atoms with Gasteiger partial charge in [0.25, 0.3) is 0 Å². The van der Waals surface area contributed by atoms with Crippen molar-refractivity contribution < 1.29 is 0 Å². The Morgan fingerprint density at radius 3 is 2.44 bits per heavy atom. The van der Waals surface area contributed by atoms with Gasteiger partial charge in [-0.25, -0.2) is 0 Å². The van der Waals surface area contributed by atoms with E-state index in [4.69, 9.17) is 0 Å². The van der Waals surface area contributed by atoms with Crippen molar-refractivity contribution in [1.82, 2.24) is 0 Å². The smallest absolute Gasteiger partial charge is 0.0211 e. The molecular weight excluding hydrogens is 176 g/mol. The Bertz CT molecular complexity index is 118. The lowest BCUT2D eigenvalue weighted by atomic mass is 9.91. The molecule has 0 heterocycles. The molecule has 0 saturated carbocycles. The maximum atomic E-state index is 3.64. The van der Waals surface area contributed by atoms with Crippen molar-refractivity contribution in [2.24, 2.45) is 11.8 Å². The molecule has 1 aliphatic carbocycles. The van der Waals surface area contributed by atoms with Crippen molar-refractivity contribution in [3.63, 3.8) is 0 Å². The third-order valence-electron chi connectivity index (χ3n) is 1.91. The van der Waals surface area contributed by atoms with E-state index in [0.717, 1.165) is 11.8 Å². The van der Waals surface area contributed by atoms with Crippen LogP contribution in [0.1, 0.15) is 20.3 Å². The lowest BCUT2D eigenvalue weighted by Gasteiger charge is -2.22. The van der Waals surface area contributed by atoms with Crippen LogP contribution in [0.2, 0.25) is 0 Å². The average Bonchev–Trinajstić information content (AvgIpc) is 1.80. The number of hydrogen-bond donors (Lipinski definition) is 0. The second-order valence-electron chi connectivity index (χ2n) is 2.97. The minimum Gasteiger partial charge on any atom is -0.0884 e. The van der Waals surface area contributed by atoms with Crippen LogP contribution in [0.25, 0.3) is 0 Å². The van der Waals surface area contributed by atoms with Crippen molar-refractivity contribution in [3.05, 3.63) is 12.2 Å². The average molecular weight is 189 g/mol. The molecular formula is C8H13Br. The summed E-state index contributed by atoms with van der Waals surface area (Å²) in [6.07, 6.45) is 5.90. The number of allylic oxidation sites excluding steroid dienone is 2. The first-order valence-electron chi connectivity index (χ1n) is 3.52. The van der Waals surface area contributed by atoms with Gasteiger partial charge in [-0.15, -0.1) is 0 Å². The van der Waals surface area contributed by atoms with Crippen LogP contribution in [0.15, 0.2) is 12.2 Å². The Kier molecular flexibility index (Phi) is 2.34. The van der Waals surface area contributed by atoms with E-state index in [1.165, 1.54) is 6.42 Å². The third-order valence-corrected chi connectivity index (χ3v) is 3.12. The van der Waals surface area contributed by atoms with E-state index in [1.54, 1.807) is 0 Å². The largest absolute Gasteiger partial charge is 0.0884 e. The quantitative estimate of drug-likeness (QED) is 0.406. The van der Waals surface area contributed by atoms with E-state index in [1.807, 2.05) is 0 Å². The van der Waals surface area contributed by atoms with E-state index in [2.05, 4.69) is 41.9 Å². The highest BCUT2D eigenvalue weighted by atomic mass is 79.9. The summed E-state index contributed by atoms with van der Waals surface area (Å²) in [6, 6.07) is 0. The number of rotatable bonds is 0. The molecule has 0 amide bonds. The van der Waals surface area contributed by atoms with E-state index < -0.39 is 0 Å². The molecule has 1 heteroatoms. The van der Waals surface area contributed by atoms with Crippen molar-refractivity contribution >= 4 is 15.9 Å². The molecule has 0 aliphatic heterocycles. The van der Waals surface area contributed by atoms with Gasteiger partial charge in [0.2, 0.25) is 0 Å². The van der Waals surface area contributed by atoms with Gasteiger partial charge in [-0.05, 0) is 18.3 Å². The van der Waals surface area contributed by atoms with E-state index in [-0.39, 0.29) is 0 Å². The molecule has 0 spiro atoms. The lowest BCUT2D eigenvalue weighted by Crippen LogP contribution is -2.16.